The number of aliphatic hydroxyl groups is 1. The van der Waals surface area contributed by atoms with Crippen LogP contribution in [-0.2, 0) is 6.42 Å². The molecule has 9 rings (SSSR count). The zero-order valence-electron chi connectivity index (χ0n) is 22.5. The van der Waals surface area contributed by atoms with Crippen molar-refractivity contribution in [2.75, 3.05) is 38.2 Å². The molecule has 3 unspecified atom stereocenters. The van der Waals surface area contributed by atoms with Crippen LogP contribution in [0.3, 0.4) is 0 Å². The normalized spacial score (nSPS) is 33.5. The number of likely N-dealkylation sites (tertiary alicyclic amines) is 1. The van der Waals surface area contributed by atoms with Crippen molar-refractivity contribution in [3.05, 3.63) is 64.6 Å². The highest BCUT2D eigenvalue weighted by atomic mass is 19.1. The molecule has 206 valence electrons. The van der Waals surface area contributed by atoms with Gasteiger partial charge in [-0.25, -0.2) is 4.39 Å². The van der Waals surface area contributed by atoms with Crippen LogP contribution in [0.5, 0.6) is 0 Å². The summed E-state index contributed by atoms with van der Waals surface area (Å²) in [4.78, 5) is 8.63. The van der Waals surface area contributed by atoms with E-state index in [-0.39, 0.29) is 43.1 Å². The van der Waals surface area contributed by atoms with Crippen molar-refractivity contribution in [2.45, 2.75) is 62.7 Å². The van der Waals surface area contributed by atoms with Gasteiger partial charge in [-0.2, -0.15) is 0 Å². The number of nitrogens with zero attached hydrogens (tertiary/aromatic N) is 2. The Morgan fingerprint density at radius 1 is 1.13 bits per heavy atom. The number of para-hydroxylation sites is 1. The minimum atomic E-state index is -0.279. The van der Waals surface area contributed by atoms with Crippen molar-refractivity contribution in [1.29, 1.82) is 0 Å². The summed E-state index contributed by atoms with van der Waals surface area (Å²) < 4.78 is 29.1. The van der Waals surface area contributed by atoms with E-state index in [1.54, 1.807) is 6.07 Å². The molecular formula is C32H38F2N4O. The zero-order chi connectivity index (χ0) is 26.4. The van der Waals surface area contributed by atoms with E-state index in [4.69, 9.17) is 0 Å². The molecule has 5 nitrogen and oxygen atoms in total. The Labute approximate surface area is 228 Å². The summed E-state index contributed by atoms with van der Waals surface area (Å²) in [6, 6.07) is 13.2. The van der Waals surface area contributed by atoms with Crippen molar-refractivity contribution >= 4 is 16.6 Å². The maximum absolute atomic E-state index is 16.6. The lowest BCUT2D eigenvalue weighted by Gasteiger charge is -2.60. The van der Waals surface area contributed by atoms with Crippen LogP contribution < -0.4 is 5.32 Å². The van der Waals surface area contributed by atoms with Gasteiger partial charge in [0.25, 0.3) is 0 Å². The molecule has 4 fully saturated rings. The number of nitrogens with one attached hydrogen (secondary N) is 2. The fraction of sp³-hybridized carbons (Fsp3) is 0.562. The van der Waals surface area contributed by atoms with Gasteiger partial charge in [-0.15, -0.1) is 0 Å². The number of anilines is 1. The molecule has 0 amide bonds. The second-order valence-electron chi connectivity index (χ2n) is 12.9. The van der Waals surface area contributed by atoms with E-state index < -0.39 is 0 Å². The smallest absolute Gasteiger partial charge is 0.130 e. The first kappa shape index (κ1) is 24.3. The van der Waals surface area contributed by atoms with Gasteiger partial charge < -0.3 is 15.4 Å². The molecule has 0 radical (unpaired) electrons. The van der Waals surface area contributed by atoms with E-state index in [0.29, 0.717) is 30.2 Å². The molecule has 2 aromatic carbocycles. The monoisotopic (exact) mass is 532 g/mol. The highest BCUT2D eigenvalue weighted by Crippen LogP contribution is 2.65. The highest BCUT2D eigenvalue weighted by molar-refractivity contribution is 5.85. The van der Waals surface area contributed by atoms with Gasteiger partial charge in [0.1, 0.15) is 5.82 Å². The van der Waals surface area contributed by atoms with Gasteiger partial charge in [-0.1, -0.05) is 18.2 Å². The summed E-state index contributed by atoms with van der Waals surface area (Å²) in [5, 5.41) is 15.3. The maximum Gasteiger partial charge on any atom is 0.130 e. The molecule has 7 atom stereocenters. The van der Waals surface area contributed by atoms with Crippen molar-refractivity contribution < 1.29 is 13.9 Å². The van der Waals surface area contributed by atoms with E-state index >= 15 is 4.39 Å². The molecule has 3 aliphatic heterocycles. The lowest BCUT2D eigenvalue weighted by Crippen LogP contribution is -2.60. The predicted octanol–water partition coefficient (Wildman–Crippen LogP) is 5.21. The standard InChI is InChI=1S/C32H38F2N4O/c1-17-9-23-21-5-2-3-6-27(21)36-31(23)32-30-25(29-22-13-24(29)28(38(17)32)10-18(22)16-39)11-19(12-26(30)34)35-20-14-37(15-20)8-4-7-33/h2-3,5-6,11-12,17-18,20,22,24,28-29,32,35-36,39H,4,7-10,13-16H2,1H3/t17-,18-,22?,24?,28-,29?,32-/m1/s1. The maximum atomic E-state index is 16.6. The predicted molar refractivity (Wildman–Crippen MR) is 149 cm³/mol. The Kier molecular flexibility index (Phi) is 5.62. The summed E-state index contributed by atoms with van der Waals surface area (Å²) in [6.45, 7) is 4.77. The van der Waals surface area contributed by atoms with Gasteiger partial charge in [0, 0.05) is 66.2 Å². The number of halogens is 2. The first-order chi connectivity index (χ1) is 19.1. The van der Waals surface area contributed by atoms with E-state index in [2.05, 4.69) is 57.4 Å². The number of H-pyrrole nitrogens is 1. The largest absolute Gasteiger partial charge is 0.396 e. The van der Waals surface area contributed by atoms with E-state index in [1.165, 1.54) is 10.9 Å². The summed E-state index contributed by atoms with van der Waals surface area (Å²) >= 11 is 0. The Morgan fingerprint density at radius 3 is 2.79 bits per heavy atom. The third-order valence-corrected chi connectivity index (χ3v) is 10.9. The van der Waals surface area contributed by atoms with E-state index in [0.717, 1.165) is 66.9 Å². The van der Waals surface area contributed by atoms with E-state index in [9.17, 15) is 9.50 Å². The molecule has 0 spiro atoms. The number of rotatable bonds is 6. The van der Waals surface area contributed by atoms with Crippen molar-refractivity contribution in [3.8, 4) is 0 Å². The number of benzene rings is 2. The minimum absolute atomic E-state index is 0.121. The van der Waals surface area contributed by atoms with Gasteiger partial charge in [-0.3, -0.25) is 14.2 Å². The first-order valence-electron chi connectivity index (χ1n) is 14.9. The summed E-state index contributed by atoms with van der Waals surface area (Å²) in [6.07, 6.45) is 3.65. The average molecular weight is 533 g/mol. The van der Waals surface area contributed by atoms with E-state index in [1.807, 2.05) is 0 Å². The lowest BCUT2D eigenvalue weighted by molar-refractivity contribution is -0.0897. The van der Waals surface area contributed by atoms with Gasteiger partial charge in [0.15, 0.2) is 0 Å². The minimum Gasteiger partial charge on any atom is -0.396 e. The van der Waals surface area contributed by atoms with Crippen LogP contribution in [0.4, 0.5) is 14.5 Å². The summed E-state index contributed by atoms with van der Waals surface area (Å²) in [7, 11) is 0. The Bertz CT molecular complexity index is 1420. The number of aliphatic hydroxyl groups excluding tert-OH is 1. The van der Waals surface area contributed by atoms with Crippen molar-refractivity contribution in [2.24, 2.45) is 17.8 Å². The molecule has 1 aromatic heterocycles. The third kappa shape index (κ3) is 3.52. The van der Waals surface area contributed by atoms with Gasteiger partial charge in [0.05, 0.1) is 18.8 Å². The molecule has 3 saturated carbocycles. The van der Waals surface area contributed by atoms with Crippen LogP contribution >= 0.6 is 0 Å². The molecular weight excluding hydrogens is 494 g/mol. The first-order valence-corrected chi connectivity index (χ1v) is 14.9. The Balaban J connectivity index is 1.24. The molecule has 6 aliphatic rings. The van der Waals surface area contributed by atoms with Gasteiger partial charge >= 0.3 is 0 Å². The van der Waals surface area contributed by atoms with Crippen LogP contribution in [0, 0.1) is 23.6 Å². The fourth-order valence-corrected chi connectivity index (χ4v) is 9.22. The molecule has 3 N–H and O–H groups in total. The second kappa shape index (κ2) is 9.02. The van der Waals surface area contributed by atoms with Crippen molar-refractivity contribution in [1.82, 2.24) is 14.8 Å². The van der Waals surface area contributed by atoms with Crippen LogP contribution in [0.15, 0.2) is 36.4 Å². The van der Waals surface area contributed by atoms with Crippen molar-refractivity contribution in [3.63, 3.8) is 0 Å². The zero-order valence-corrected chi connectivity index (χ0v) is 22.5. The topological polar surface area (TPSA) is 54.5 Å². The Hall–Kier alpha value is -2.48. The number of alkyl halides is 1. The summed E-state index contributed by atoms with van der Waals surface area (Å²) in [5.41, 5.74) is 6.47. The number of fused-ring (bicyclic) bond motifs is 8. The number of hydrogen-bond acceptors (Lipinski definition) is 4. The number of aromatic amines is 1. The molecule has 3 aliphatic carbocycles. The molecule has 7 heteroatoms. The molecule has 4 bridgehead atoms. The molecule has 3 aromatic rings. The molecule has 39 heavy (non-hydrogen) atoms. The Morgan fingerprint density at radius 2 is 1.97 bits per heavy atom. The number of aromatic nitrogens is 1. The third-order valence-electron chi connectivity index (χ3n) is 10.9. The molecule has 4 heterocycles. The SMILES string of the molecule is C[C@@H]1Cc2c([nH]c3ccccc23)[C@H]2c3c(F)cc(NC4CN(CCCF)C4)cc3C3C4CC3[C@@H](C[C@@H]4CO)N21. The van der Waals surface area contributed by atoms with Crippen LogP contribution in [-0.4, -0.2) is 70.9 Å². The number of hydrogen-bond donors (Lipinski definition) is 3. The van der Waals surface area contributed by atoms with Gasteiger partial charge in [-0.05, 0) is 85.6 Å². The second-order valence-corrected chi connectivity index (χ2v) is 12.9. The molecule has 1 saturated heterocycles. The fourth-order valence-electron chi connectivity index (χ4n) is 9.22. The van der Waals surface area contributed by atoms with Crippen LogP contribution in [0.2, 0.25) is 0 Å². The quantitative estimate of drug-likeness (QED) is 0.408. The lowest BCUT2D eigenvalue weighted by atomic mass is 9.49. The van der Waals surface area contributed by atoms with Crippen LogP contribution in [0.25, 0.3) is 10.9 Å². The highest BCUT2D eigenvalue weighted by Gasteiger charge is 2.60. The summed E-state index contributed by atoms with van der Waals surface area (Å²) in [5.74, 6) is 1.36. The average Bonchev–Trinajstić information content (AvgIpc) is 3.24. The van der Waals surface area contributed by atoms with Gasteiger partial charge in [0.2, 0.25) is 0 Å². The van der Waals surface area contributed by atoms with Crippen LogP contribution in [0.1, 0.15) is 60.5 Å².